The van der Waals surface area contributed by atoms with Crippen LogP contribution in [-0.4, -0.2) is 30.9 Å². The lowest BCUT2D eigenvalue weighted by molar-refractivity contribution is -0.123. The summed E-state index contributed by atoms with van der Waals surface area (Å²) in [6, 6.07) is 14.9. The van der Waals surface area contributed by atoms with Gasteiger partial charge in [0.15, 0.2) is 23.9 Å². The van der Waals surface area contributed by atoms with Gasteiger partial charge in [0, 0.05) is 11.6 Å². The average Bonchev–Trinajstić information content (AvgIpc) is 3.19. The predicted octanol–water partition coefficient (Wildman–Crippen LogP) is 3.12. The molecule has 28 heavy (non-hydrogen) atoms. The van der Waals surface area contributed by atoms with Crippen LogP contribution in [0.15, 0.2) is 53.1 Å². The van der Waals surface area contributed by atoms with Crippen LogP contribution in [0.5, 0.6) is 17.2 Å². The normalized spacial score (nSPS) is 12.5. The molecule has 0 fully saturated rings. The number of aryl methyl sites for hydroxylation is 1. The number of nitrogens with zero attached hydrogens (tertiary/aromatic N) is 1. The van der Waals surface area contributed by atoms with Crippen molar-refractivity contribution >= 4 is 5.91 Å². The molecular formula is C21H20N2O5. The Morgan fingerprint density at radius 1 is 1.11 bits per heavy atom. The molecule has 0 unspecified atom stereocenters. The summed E-state index contributed by atoms with van der Waals surface area (Å²) in [4.78, 5) is 12.0. The Bertz CT molecular complexity index is 982. The molecular weight excluding hydrogens is 360 g/mol. The number of fused-ring (bicyclic) bond motifs is 1. The molecule has 4 rings (SSSR count). The standard InChI is InChI=1S/C21H20N2O5/c1-14-3-2-4-17(9-14)27-13-21(24)22-12-16-11-19(28-23-16)15-5-6-18-20(10-15)26-8-7-25-18/h2-6,9-11H,7-8,12-13H2,1H3,(H,22,24). The number of rotatable bonds is 6. The van der Waals surface area contributed by atoms with E-state index in [4.69, 9.17) is 18.7 Å². The largest absolute Gasteiger partial charge is 0.486 e. The fourth-order valence-corrected chi connectivity index (χ4v) is 2.82. The van der Waals surface area contributed by atoms with Crippen LogP contribution >= 0.6 is 0 Å². The third kappa shape index (κ3) is 4.25. The van der Waals surface area contributed by atoms with Crippen LogP contribution in [0.1, 0.15) is 11.3 Å². The lowest BCUT2D eigenvalue weighted by Crippen LogP contribution is -2.28. The second-order valence-electron chi connectivity index (χ2n) is 6.42. The molecule has 0 saturated heterocycles. The summed E-state index contributed by atoms with van der Waals surface area (Å²) in [7, 11) is 0. The summed E-state index contributed by atoms with van der Waals surface area (Å²) in [5.41, 5.74) is 2.53. The SMILES string of the molecule is Cc1cccc(OCC(=O)NCc2cc(-c3ccc4c(c3)OCCO4)on2)c1. The summed E-state index contributed by atoms with van der Waals surface area (Å²) >= 11 is 0. The second-order valence-corrected chi connectivity index (χ2v) is 6.42. The first-order chi connectivity index (χ1) is 13.7. The van der Waals surface area contributed by atoms with Gasteiger partial charge in [-0.15, -0.1) is 0 Å². The molecule has 7 heteroatoms. The number of benzene rings is 2. The molecule has 0 aliphatic carbocycles. The van der Waals surface area contributed by atoms with E-state index >= 15 is 0 Å². The maximum Gasteiger partial charge on any atom is 0.258 e. The van der Waals surface area contributed by atoms with Crippen molar-refractivity contribution < 1.29 is 23.5 Å². The van der Waals surface area contributed by atoms with Gasteiger partial charge in [0.25, 0.3) is 5.91 Å². The van der Waals surface area contributed by atoms with Crippen molar-refractivity contribution in [2.45, 2.75) is 13.5 Å². The molecule has 1 N–H and O–H groups in total. The summed E-state index contributed by atoms with van der Waals surface area (Å²) in [6.07, 6.45) is 0. The number of aromatic nitrogens is 1. The first-order valence-electron chi connectivity index (χ1n) is 8.99. The number of hydrogen-bond acceptors (Lipinski definition) is 6. The van der Waals surface area contributed by atoms with Gasteiger partial charge in [-0.05, 0) is 42.8 Å². The van der Waals surface area contributed by atoms with Crippen molar-refractivity contribution in [3.05, 3.63) is 59.8 Å². The summed E-state index contributed by atoms with van der Waals surface area (Å²) in [5, 5.41) is 6.77. The Morgan fingerprint density at radius 3 is 2.82 bits per heavy atom. The van der Waals surface area contributed by atoms with E-state index in [0.29, 0.717) is 36.2 Å². The molecule has 1 amide bonds. The minimum absolute atomic E-state index is 0.0592. The van der Waals surface area contributed by atoms with Gasteiger partial charge in [-0.3, -0.25) is 4.79 Å². The van der Waals surface area contributed by atoms with Crippen molar-refractivity contribution in [3.8, 4) is 28.6 Å². The third-order valence-corrected chi connectivity index (χ3v) is 4.21. The van der Waals surface area contributed by atoms with Crippen LogP contribution in [0.4, 0.5) is 0 Å². The van der Waals surface area contributed by atoms with Gasteiger partial charge < -0.3 is 24.1 Å². The number of carbonyl (C=O) groups excluding carboxylic acids is 1. The van der Waals surface area contributed by atoms with Crippen LogP contribution in [0.3, 0.4) is 0 Å². The lowest BCUT2D eigenvalue weighted by atomic mass is 10.1. The maximum atomic E-state index is 12.0. The predicted molar refractivity (Wildman–Crippen MR) is 101 cm³/mol. The van der Waals surface area contributed by atoms with Gasteiger partial charge in [0.2, 0.25) is 0 Å². The Balaban J connectivity index is 1.31. The van der Waals surface area contributed by atoms with Gasteiger partial charge in [-0.1, -0.05) is 17.3 Å². The van der Waals surface area contributed by atoms with E-state index < -0.39 is 0 Å². The van der Waals surface area contributed by atoms with Crippen molar-refractivity contribution in [1.82, 2.24) is 10.5 Å². The first kappa shape index (κ1) is 17.9. The van der Waals surface area contributed by atoms with E-state index in [9.17, 15) is 4.79 Å². The number of ether oxygens (including phenoxy) is 3. The van der Waals surface area contributed by atoms with E-state index in [-0.39, 0.29) is 19.1 Å². The summed E-state index contributed by atoms with van der Waals surface area (Å²) < 4.78 is 22.0. The minimum atomic E-state index is -0.231. The van der Waals surface area contributed by atoms with Gasteiger partial charge >= 0.3 is 0 Å². The monoisotopic (exact) mass is 380 g/mol. The first-order valence-corrected chi connectivity index (χ1v) is 8.99. The molecule has 1 aliphatic heterocycles. The zero-order valence-electron chi connectivity index (χ0n) is 15.4. The minimum Gasteiger partial charge on any atom is -0.486 e. The average molecular weight is 380 g/mol. The van der Waals surface area contributed by atoms with E-state index in [1.165, 1.54) is 0 Å². The Labute approximate surface area is 162 Å². The van der Waals surface area contributed by atoms with Crippen molar-refractivity contribution in [2.24, 2.45) is 0 Å². The molecule has 0 spiro atoms. The van der Waals surface area contributed by atoms with Crippen molar-refractivity contribution in [1.29, 1.82) is 0 Å². The Kier molecular flexibility index (Phi) is 5.14. The number of nitrogens with one attached hydrogen (secondary N) is 1. The van der Waals surface area contributed by atoms with Crippen LogP contribution in [0, 0.1) is 6.92 Å². The highest BCUT2D eigenvalue weighted by Crippen LogP contribution is 2.34. The van der Waals surface area contributed by atoms with Crippen LogP contribution in [0.25, 0.3) is 11.3 Å². The van der Waals surface area contributed by atoms with E-state index in [0.717, 1.165) is 16.9 Å². The highest BCUT2D eigenvalue weighted by atomic mass is 16.6. The molecule has 7 nitrogen and oxygen atoms in total. The summed E-state index contributed by atoms with van der Waals surface area (Å²) in [6.45, 7) is 3.23. The van der Waals surface area contributed by atoms with Gasteiger partial charge in [0.1, 0.15) is 24.7 Å². The van der Waals surface area contributed by atoms with Crippen LogP contribution in [0.2, 0.25) is 0 Å². The quantitative estimate of drug-likeness (QED) is 0.708. The smallest absolute Gasteiger partial charge is 0.258 e. The lowest BCUT2D eigenvalue weighted by Gasteiger charge is -2.18. The van der Waals surface area contributed by atoms with E-state index in [1.807, 2.05) is 49.4 Å². The molecule has 2 heterocycles. The molecule has 1 aliphatic rings. The third-order valence-electron chi connectivity index (χ3n) is 4.21. The fraction of sp³-hybridized carbons (Fsp3) is 0.238. The second kappa shape index (κ2) is 8.04. The van der Waals surface area contributed by atoms with Crippen LogP contribution in [-0.2, 0) is 11.3 Å². The zero-order valence-corrected chi connectivity index (χ0v) is 15.4. The maximum absolute atomic E-state index is 12.0. The molecule has 1 aromatic heterocycles. The number of carbonyl (C=O) groups is 1. The van der Waals surface area contributed by atoms with Gasteiger partial charge in [-0.2, -0.15) is 0 Å². The molecule has 3 aromatic rings. The molecule has 2 aromatic carbocycles. The van der Waals surface area contributed by atoms with Crippen LogP contribution < -0.4 is 19.5 Å². The zero-order chi connectivity index (χ0) is 19.3. The molecule has 0 radical (unpaired) electrons. The highest BCUT2D eigenvalue weighted by molar-refractivity contribution is 5.77. The molecule has 0 saturated carbocycles. The summed E-state index contributed by atoms with van der Waals surface area (Å²) in [5.74, 6) is 2.43. The van der Waals surface area contributed by atoms with Gasteiger partial charge in [-0.25, -0.2) is 0 Å². The van der Waals surface area contributed by atoms with Crippen molar-refractivity contribution in [2.75, 3.05) is 19.8 Å². The highest BCUT2D eigenvalue weighted by Gasteiger charge is 2.15. The van der Waals surface area contributed by atoms with Gasteiger partial charge in [0.05, 0.1) is 6.54 Å². The Hall–Kier alpha value is -3.48. The Morgan fingerprint density at radius 2 is 1.96 bits per heavy atom. The fourth-order valence-electron chi connectivity index (χ4n) is 2.82. The van der Waals surface area contributed by atoms with E-state index in [2.05, 4.69) is 10.5 Å². The number of amides is 1. The van der Waals surface area contributed by atoms with Crippen molar-refractivity contribution in [3.63, 3.8) is 0 Å². The topological polar surface area (TPSA) is 82.8 Å². The molecule has 0 atom stereocenters. The van der Waals surface area contributed by atoms with E-state index in [1.54, 1.807) is 6.07 Å². The molecule has 144 valence electrons. The molecule has 0 bridgehead atoms. The number of hydrogen-bond donors (Lipinski definition) is 1.